The number of benzene rings is 2. The molecule has 4 nitrogen and oxygen atoms in total. The third kappa shape index (κ3) is 2.32. The quantitative estimate of drug-likeness (QED) is 0.554. The molecule has 0 radical (unpaired) electrons. The van der Waals surface area contributed by atoms with E-state index in [1.807, 2.05) is 13.8 Å². The van der Waals surface area contributed by atoms with Crippen LogP contribution in [0.5, 0.6) is 0 Å². The normalized spacial score (nSPS) is 11.7. The Morgan fingerprint density at radius 2 is 1.17 bits per heavy atom. The van der Waals surface area contributed by atoms with Gasteiger partial charge in [-0.2, -0.15) is 0 Å². The molecule has 0 aliphatic heterocycles. The molecule has 4 rings (SSSR count). The Balaban J connectivity index is 1.75. The highest BCUT2D eigenvalue weighted by Crippen LogP contribution is 2.32. The summed E-state index contributed by atoms with van der Waals surface area (Å²) in [5, 5.41) is 0. The van der Waals surface area contributed by atoms with Crippen molar-refractivity contribution >= 4 is 33.8 Å². The van der Waals surface area contributed by atoms with E-state index in [4.69, 9.17) is 0 Å². The first-order valence-corrected chi connectivity index (χ1v) is 8.38. The van der Waals surface area contributed by atoms with Gasteiger partial charge >= 0.3 is 0 Å². The molecule has 4 aromatic rings. The van der Waals surface area contributed by atoms with E-state index in [-0.39, 0.29) is 0 Å². The first-order chi connectivity index (χ1) is 11.0. The molecule has 0 unspecified atom stereocenters. The van der Waals surface area contributed by atoms with Gasteiger partial charge in [-0.25, -0.2) is 9.97 Å². The van der Waals surface area contributed by atoms with Crippen LogP contribution in [-0.2, 0) is 14.1 Å². The van der Waals surface area contributed by atoms with Crippen LogP contribution >= 0.6 is 11.8 Å². The highest BCUT2D eigenvalue weighted by molar-refractivity contribution is 7.99. The van der Waals surface area contributed by atoms with Crippen molar-refractivity contribution in [2.45, 2.75) is 23.6 Å². The number of rotatable bonds is 2. The lowest BCUT2D eigenvalue weighted by Gasteiger charge is -2.04. The van der Waals surface area contributed by atoms with Crippen molar-refractivity contribution in [3.8, 4) is 0 Å². The summed E-state index contributed by atoms with van der Waals surface area (Å²) in [6.07, 6.45) is 0. The molecule has 2 aromatic heterocycles. The topological polar surface area (TPSA) is 35.6 Å². The average molecular weight is 322 g/mol. The van der Waals surface area contributed by atoms with Gasteiger partial charge in [-0.3, -0.25) is 0 Å². The Labute approximate surface area is 139 Å². The molecule has 0 saturated heterocycles. The molecule has 0 spiro atoms. The van der Waals surface area contributed by atoms with Gasteiger partial charge in [0.2, 0.25) is 0 Å². The van der Waals surface area contributed by atoms with Gasteiger partial charge in [-0.15, -0.1) is 0 Å². The predicted molar refractivity (Wildman–Crippen MR) is 95.0 cm³/mol. The lowest BCUT2D eigenvalue weighted by molar-refractivity contribution is 0.885. The lowest BCUT2D eigenvalue weighted by Crippen LogP contribution is -1.90. The Morgan fingerprint density at radius 1 is 0.739 bits per heavy atom. The third-order valence-corrected chi connectivity index (χ3v) is 5.37. The van der Waals surface area contributed by atoms with Gasteiger partial charge in [0.25, 0.3) is 0 Å². The van der Waals surface area contributed by atoms with Gasteiger partial charge in [-0.1, -0.05) is 11.8 Å². The molecule has 2 heterocycles. The zero-order valence-corrected chi connectivity index (χ0v) is 14.5. The van der Waals surface area contributed by atoms with Crippen LogP contribution in [-0.4, -0.2) is 19.1 Å². The molecule has 0 saturated carbocycles. The molecule has 0 bridgehead atoms. The molecule has 116 valence electrons. The van der Waals surface area contributed by atoms with Crippen molar-refractivity contribution in [3.63, 3.8) is 0 Å². The van der Waals surface area contributed by atoms with Crippen molar-refractivity contribution in [1.29, 1.82) is 0 Å². The van der Waals surface area contributed by atoms with Crippen molar-refractivity contribution in [3.05, 3.63) is 48.0 Å². The molecule has 0 atom stereocenters. The fourth-order valence-corrected chi connectivity index (χ4v) is 3.73. The molecule has 2 aromatic carbocycles. The number of hydrogen-bond donors (Lipinski definition) is 0. The zero-order chi connectivity index (χ0) is 16.1. The van der Waals surface area contributed by atoms with E-state index in [0.29, 0.717) is 0 Å². The molecular weight excluding hydrogens is 304 g/mol. The monoisotopic (exact) mass is 322 g/mol. The smallest absolute Gasteiger partial charge is 0.106 e. The first kappa shape index (κ1) is 14.3. The van der Waals surface area contributed by atoms with E-state index in [1.54, 1.807) is 11.8 Å². The van der Waals surface area contributed by atoms with E-state index in [9.17, 15) is 0 Å². The second-order valence-electron chi connectivity index (χ2n) is 5.84. The van der Waals surface area contributed by atoms with Gasteiger partial charge in [-0.05, 0) is 50.2 Å². The molecule has 5 heteroatoms. The minimum absolute atomic E-state index is 1.04. The molecular formula is C18H18N4S. The van der Waals surface area contributed by atoms with Crippen LogP contribution in [0.3, 0.4) is 0 Å². The number of imidazole rings is 2. The summed E-state index contributed by atoms with van der Waals surface area (Å²) in [5.74, 6) is 2.07. The van der Waals surface area contributed by atoms with Crippen LogP contribution in [0.4, 0.5) is 0 Å². The second kappa shape index (κ2) is 5.13. The van der Waals surface area contributed by atoms with E-state index in [1.165, 1.54) is 20.8 Å². The summed E-state index contributed by atoms with van der Waals surface area (Å²) in [6.45, 7) is 4.07. The number of aromatic nitrogens is 4. The number of fused-ring (bicyclic) bond motifs is 2. The Hall–Kier alpha value is -2.27. The third-order valence-electron chi connectivity index (χ3n) is 4.39. The van der Waals surface area contributed by atoms with Gasteiger partial charge in [0.05, 0.1) is 22.1 Å². The molecule has 0 amide bonds. The van der Waals surface area contributed by atoms with Gasteiger partial charge in [0.1, 0.15) is 11.6 Å². The van der Waals surface area contributed by atoms with Crippen LogP contribution < -0.4 is 0 Å². The minimum Gasteiger partial charge on any atom is -0.331 e. The highest BCUT2D eigenvalue weighted by atomic mass is 32.2. The Kier molecular flexibility index (Phi) is 3.20. The summed E-state index contributed by atoms with van der Waals surface area (Å²) in [6, 6.07) is 12.9. The Morgan fingerprint density at radius 3 is 1.61 bits per heavy atom. The first-order valence-electron chi connectivity index (χ1n) is 7.57. The van der Waals surface area contributed by atoms with Crippen LogP contribution in [0.25, 0.3) is 22.1 Å². The molecule has 0 N–H and O–H groups in total. The van der Waals surface area contributed by atoms with Crippen LogP contribution in [0.15, 0.2) is 46.2 Å². The summed E-state index contributed by atoms with van der Waals surface area (Å²) >= 11 is 1.77. The van der Waals surface area contributed by atoms with Crippen molar-refractivity contribution < 1.29 is 0 Å². The Bertz CT molecular complexity index is 958. The van der Waals surface area contributed by atoms with Crippen molar-refractivity contribution in [2.75, 3.05) is 0 Å². The standard InChI is InChI=1S/C18H18N4S/c1-11-19-15-7-5-13(9-17(15)21(11)3)23-14-6-8-16-18(10-14)22(4)12(2)20-16/h5-10H,1-4H3. The molecule has 0 aliphatic carbocycles. The lowest BCUT2D eigenvalue weighted by atomic mass is 10.3. The number of nitrogens with zero attached hydrogens (tertiary/aromatic N) is 4. The largest absolute Gasteiger partial charge is 0.331 e. The van der Waals surface area contributed by atoms with Crippen molar-refractivity contribution in [2.24, 2.45) is 14.1 Å². The van der Waals surface area contributed by atoms with Crippen molar-refractivity contribution in [1.82, 2.24) is 19.1 Å². The highest BCUT2D eigenvalue weighted by Gasteiger charge is 2.08. The van der Waals surface area contributed by atoms with Crippen LogP contribution in [0, 0.1) is 13.8 Å². The van der Waals surface area contributed by atoms with Gasteiger partial charge in [0, 0.05) is 23.9 Å². The average Bonchev–Trinajstić information content (AvgIpc) is 2.98. The second-order valence-corrected chi connectivity index (χ2v) is 6.99. The van der Waals surface area contributed by atoms with Gasteiger partial charge < -0.3 is 9.13 Å². The molecule has 23 heavy (non-hydrogen) atoms. The summed E-state index contributed by atoms with van der Waals surface area (Å²) in [5.41, 5.74) is 4.44. The summed E-state index contributed by atoms with van der Waals surface area (Å²) < 4.78 is 4.26. The SMILES string of the molecule is Cc1nc2ccc(Sc3ccc4nc(C)n(C)c4c3)cc2n1C. The van der Waals surface area contributed by atoms with E-state index in [2.05, 4.69) is 69.6 Å². The zero-order valence-electron chi connectivity index (χ0n) is 13.7. The number of aryl methyl sites for hydroxylation is 4. The van der Waals surface area contributed by atoms with Gasteiger partial charge in [0.15, 0.2) is 0 Å². The molecule has 0 fully saturated rings. The maximum absolute atomic E-state index is 4.56. The van der Waals surface area contributed by atoms with Crippen LogP contribution in [0.2, 0.25) is 0 Å². The van der Waals surface area contributed by atoms with E-state index in [0.717, 1.165) is 22.7 Å². The minimum atomic E-state index is 1.04. The fourth-order valence-electron chi connectivity index (χ4n) is 2.84. The number of hydrogen-bond acceptors (Lipinski definition) is 3. The maximum atomic E-state index is 4.56. The summed E-state index contributed by atoms with van der Waals surface area (Å²) in [7, 11) is 4.12. The predicted octanol–water partition coefficient (Wildman–Crippen LogP) is 4.23. The summed E-state index contributed by atoms with van der Waals surface area (Å²) in [4.78, 5) is 11.6. The maximum Gasteiger partial charge on any atom is 0.106 e. The van der Waals surface area contributed by atoms with E-state index >= 15 is 0 Å². The molecule has 0 aliphatic rings. The van der Waals surface area contributed by atoms with E-state index < -0.39 is 0 Å². The fraction of sp³-hybridized carbons (Fsp3) is 0.222. The van der Waals surface area contributed by atoms with Crippen LogP contribution in [0.1, 0.15) is 11.6 Å².